The largest absolute Gasteiger partial charge is 0.465 e. The molecular weight excluding hydrogens is 550 g/mol. The molecule has 2 heterocycles. The maximum absolute atomic E-state index is 13.3. The van der Waals surface area contributed by atoms with Gasteiger partial charge in [0.25, 0.3) is 0 Å². The molecule has 11 nitrogen and oxygen atoms in total. The molecule has 0 spiro atoms. The molecule has 3 amide bonds. The summed E-state index contributed by atoms with van der Waals surface area (Å²) in [4.78, 5) is 78.5. The zero-order valence-corrected chi connectivity index (χ0v) is 26.4. The first-order valence-electron chi connectivity index (χ1n) is 13.7. The Bertz CT molecular complexity index is 1130. The molecule has 41 heavy (non-hydrogen) atoms. The topological polar surface area (TPSA) is 131 Å². The zero-order chi connectivity index (χ0) is 31.6. The standard InChI is InChI=1S/C25H31N3O8S.2C2H6/c1-13-19(28(20(13)29)22(31)24(33)36-6)14(2)25(34)37-17-11-18(26(3)12-17)21(30)27(4)16-9-7-8-15(10-16)23(32)35-5;2*1-2/h7-10,13-14,17-19H,11-12H2,1-6H3;2*1-2H3. The Morgan fingerprint density at radius 3 is 2.22 bits per heavy atom. The van der Waals surface area contributed by atoms with Gasteiger partial charge in [-0.15, -0.1) is 0 Å². The minimum Gasteiger partial charge on any atom is -0.465 e. The summed E-state index contributed by atoms with van der Waals surface area (Å²) in [6, 6.07) is 5.36. The lowest BCUT2D eigenvalue weighted by Gasteiger charge is -2.46. The van der Waals surface area contributed by atoms with Crippen LogP contribution in [0, 0.1) is 11.8 Å². The van der Waals surface area contributed by atoms with Crippen molar-refractivity contribution in [3.8, 4) is 0 Å². The van der Waals surface area contributed by atoms with Gasteiger partial charge in [0.1, 0.15) is 0 Å². The highest BCUT2D eigenvalue weighted by molar-refractivity contribution is 8.14. The van der Waals surface area contributed by atoms with Gasteiger partial charge in [-0.3, -0.25) is 29.0 Å². The molecule has 0 N–H and O–H groups in total. The van der Waals surface area contributed by atoms with Gasteiger partial charge in [-0.1, -0.05) is 59.4 Å². The molecule has 1 aromatic carbocycles. The molecule has 2 aliphatic rings. The predicted octanol–water partition coefficient (Wildman–Crippen LogP) is 3.00. The van der Waals surface area contributed by atoms with Crippen molar-refractivity contribution >= 4 is 52.2 Å². The van der Waals surface area contributed by atoms with Gasteiger partial charge >= 0.3 is 17.8 Å². The fourth-order valence-electron chi connectivity index (χ4n) is 4.78. The summed E-state index contributed by atoms with van der Waals surface area (Å²) in [5, 5.41) is -0.405. The third-order valence-electron chi connectivity index (χ3n) is 6.96. The summed E-state index contributed by atoms with van der Waals surface area (Å²) >= 11 is 1.09. The summed E-state index contributed by atoms with van der Waals surface area (Å²) in [6.07, 6.45) is 0.420. The van der Waals surface area contributed by atoms with E-state index in [1.165, 1.54) is 12.0 Å². The van der Waals surface area contributed by atoms with Crippen LogP contribution in [-0.2, 0) is 33.4 Å². The molecule has 12 heteroatoms. The van der Waals surface area contributed by atoms with Crippen LogP contribution in [0.25, 0.3) is 0 Å². The average molecular weight is 594 g/mol. The highest BCUT2D eigenvalue weighted by Crippen LogP contribution is 2.37. The van der Waals surface area contributed by atoms with Crippen molar-refractivity contribution in [1.29, 1.82) is 0 Å². The molecule has 228 valence electrons. The molecule has 0 aromatic heterocycles. The number of rotatable bonds is 6. The number of likely N-dealkylation sites (tertiary alicyclic amines) is 2. The number of carbonyl (C=O) groups is 6. The van der Waals surface area contributed by atoms with Crippen LogP contribution in [-0.4, -0.2) is 96.8 Å². The van der Waals surface area contributed by atoms with Gasteiger partial charge < -0.3 is 14.4 Å². The smallest absolute Gasteiger partial charge is 0.397 e. The van der Waals surface area contributed by atoms with E-state index >= 15 is 0 Å². The Morgan fingerprint density at radius 1 is 1.05 bits per heavy atom. The Balaban J connectivity index is 0.00000201. The first kappa shape index (κ1) is 35.8. The summed E-state index contributed by atoms with van der Waals surface area (Å²) < 4.78 is 9.18. The number of nitrogens with zero attached hydrogens (tertiary/aromatic N) is 3. The molecule has 2 fully saturated rings. The first-order valence-corrected chi connectivity index (χ1v) is 14.6. The summed E-state index contributed by atoms with van der Waals surface area (Å²) in [5.41, 5.74) is 0.872. The van der Waals surface area contributed by atoms with Crippen LogP contribution in [0.15, 0.2) is 24.3 Å². The van der Waals surface area contributed by atoms with Crippen molar-refractivity contribution in [2.24, 2.45) is 11.8 Å². The van der Waals surface area contributed by atoms with E-state index in [9.17, 15) is 28.8 Å². The first-order chi connectivity index (χ1) is 19.4. The van der Waals surface area contributed by atoms with Gasteiger partial charge in [-0.05, 0) is 31.7 Å². The van der Waals surface area contributed by atoms with Gasteiger partial charge in [-0.2, -0.15) is 0 Å². The summed E-state index contributed by atoms with van der Waals surface area (Å²) in [5.74, 6) is -4.71. The lowest BCUT2D eigenvalue weighted by molar-refractivity contribution is -0.176. The van der Waals surface area contributed by atoms with Crippen molar-refractivity contribution < 1.29 is 38.2 Å². The molecule has 2 saturated heterocycles. The number of esters is 2. The molecule has 0 bridgehead atoms. The lowest BCUT2D eigenvalue weighted by Crippen LogP contribution is -2.66. The maximum Gasteiger partial charge on any atom is 0.397 e. The van der Waals surface area contributed by atoms with E-state index in [2.05, 4.69) is 4.74 Å². The van der Waals surface area contributed by atoms with Crippen LogP contribution in [0.1, 0.15) is 58.3 Å². The number of hydrogen-bond donors (Lipinski definition) is 0. The molecular formula is C29H43N3O8S. The third kappa shape index (κ3) is 7.94. The fourth-order valence-corrected chi connectivity index (χ4v) is 6.05. The number of benzene rings is 1. The Morgan fingerprint density at radius 2 is 1.66 bits per heavy atom. The van der Waals surface area contributed by atoms with Crippen LogP contribution in [0.5, 0.6) is 0 Å². The van der Waals surface area contributed by atoms with E-state index in [4.69, 9.17) is 4.74 Å². The molecule has 5 atom stereocenters. The van der Waals surface area contributed by atoms with Crippen molar-refractivity contribution in [3.63, 3.8) is 0 Å². The minimum atomic E-state index is -1.16. The molecule has 0 radical (unpaired) electrons. The lowest BCUT2D eigenvalue weighted by atomic mass is 9.81. The third-order valence-corrected chi connectivity index (χ3v) is 8.24. The molecule has 0 aliphatic carbocycles. The molecule has 3 rings (SSSR count). The average Bonchev–Trinajstić information content (AvgIpc) is 3.38. The highest BCUT2D eigenvalue weighted by atomic mass is 32.2. The number of methoxy groups -OCH3 is 2. The number of hydrogen-bond acceptors (Lipinski definition) is 10. The monoisotopic (exact) mass is 593 g/mol. The van der Waals surface area contributed by atoms with Gasteiger partial charge in [0, 0.05) is 30.4 Å². The van der Waals surface area contributed by atoms with Gasteiger partial charge in [0.15, 0.2) is 5.12 Å². The van der Waals surface area contributed by atoms with Crippen molar-refractivity contribution in [2.45, 2.75) is 65.3 Å². The quantitative estimate of drug-likeness (QED) is 0.276. The highest BCUT2D eigenvalue weighted by Gasteiger charge is 2.54. The van der Waals surface area contributed by atoms with Crippen molar-refractivity contribution in [1.82, 2.24) is 9.80 Å². The minimum absolute atomic E-state index is 0.179. The van der Waals surface area contributed by atoms with E-state index in [0.717, 1.165) is 23.8 Å². The predicted molar refractivity (Wildman–Crippen MR) is 157 cm³/mol. The number of amides is 3. The molecule has 0 saturated carbocycles. The normalized spacial score (nSPS) is 22.1. The van der Waals surface area contributed by atoms with Gasteiger partial charge in [0.05, 0.1) is 37.8 Å². The van der Waals surface area contributed by atoms with Crippen LogP contribution < -0.4 is 4.90 Å². The number of thioether (sulfide) groups is 1. The SMILES string of the molecule is CC.CC.COC(=O)C(=O)N1C(=O)C(C)C1C(C)C(=O)SC1CC(C(=O)N(C)c2cccc(C(=O)OC)c2)N(C)C1. The summed E-state index contributed by atoms with van der Waals surface area (Å²) in [6.45, 7) is 11.7. The van der Waals surface area contributed by atoms with Crippen LogP contribution in [0.3, 0.4) is 0 Å². The van der Waals surface area contributed by atoms with Gasteiger partial charge in [-0.25, -0.2) is 9.59 Å². The van der Waals surface area contributed by atoms with E-state index < -0.39 is 47.7 Å². The fraction of sp³-hybridized carbons (Fsp3) is 0.586. The number of β-lactam (4-membered cyclic amide) rings is 1. The van der Waals surface area contributed by atoms with E-state index in [0.29, 0.717) is 24.2 Å². The van der Waals surface area contributed by atoms with Crippen LogP contribution >= 0.6 is 11.8 Å². The molecule has 1 aromatic rings. The second kappa shape index (κ2) is 16.3. The summed E-state index contributed by atoms with van der Waals surface area (Å²) in [7, 11) is 5.77. The van der Waals surface area contributed by atoms with Crippen LogP contribution in [0.2, 0.25) is 0 Å². The molecule has 2 aliphatic heterocycles. The van der Waals surface area contributed by atoms with E-state index in [1.54, 1.807) is 52.2 Å². The second-order valence-electron chi connectivity index (χ2n) is 9.26. The maximum atomic E-state index is 13.3. The Labute approximate surface area is 246 Å². The number of carbonyl (C=O) groups excluding carboxylic acids is 6. The number of likely N-dealkylation sites (N-methyl/N-ethyl adjacent to an activating group) is 2. The Hall–Kier alpha value is -3.25. The number of imide groups is 1. The zero-order valence-electron chi connectivity index (χ0n) is 25.6. The van der Waals surface area contributed by atoms with Crippen molar-refractivity contribution in [3.05, 3.63) is 29.8 Å². The number of ether oxygens (including phenoxy) is 2. The van der Waals surface area contributed by atoms with E-state index in [1.807, 2.05) is 32.6 Å². The van der Waals surface area contributed by atoms with Crippen molar-refractivity contribution in [2.75, 3.05) is 39.8 Å². The number of anilines is 1. The second-order valence-corrected chi connectivity index (χ2v) is 10.6. The van der Waals surface area contributed by atoms with Gasteiger partial charge in [0.2, 0.25) is 11.8 Å². The Kier molecular flexibility index (Phi) is 14.2. The van der Waals surface area contributed by atoms with Crippen LogP contribution in [0.4, 0.5) is 5.69 Å². The molecule has 5 unspecified atom stereocenters. The van der Waals surface area contributed by atoms with E-state index in [-0.39, 0.29) is 16.3 Å².